The first-order valence-electron chi connectivity index (χ1n) is 9.33. The molecule has 3 aliphatic heterocycles. The molecule has 2 aromatic rings. The van der Waals surface area contributed by atoms with Crippen molar-refractivity contribution in [3.63, 3.8) is 0 Å². The summed E-state index contributed by atoms with van der Waals surface area (Å²) in [6, 6.07) is 6.00. The van der Waals surface area contributed by atoms with E-state index in [1.807, 2.05) is 37.8 Å². The number of carbonyl (C=O) groups is 1. The molecule has 0 N–H and O–H groups in total. The highest BCUT2D eigenvalue weighted by atomic mass is 16.5. The van der Waals surface area contributed by atoms with Crippen LogP contribution >= 0.6 is 0 Å². The molecule has 140 valence electrons. The van der Waals surface area contributed by atoms with Crippen molar-refractivity contribution in [1.29, 1.82) is 5.26 Å². The standard InChI is InChI=1S/C20H23N5O2/c1-12-4-5-15(8-21)19(22-12)24-9-16-6-7-17(10-24)25(20(16)26)11-18-13(2)23-27-14(18)3/h4-5,16-17H,6-7,9-11H2,1-3H3/t16-,17+/m1/s1. The molecule has 2 atom stereocenters. The maximum Gasteiger partial charge on any atom is 0.228 e. The number of hydrogen-bond acceptors (Lipinski definition) is 6. The summed E-state index contributed by atoms with van der Waals surface area (Å²) in [5.41, 5.74) is 3.27. The molecule has 3 saturated heterocycles. The van der Waals surface area contributed by atoms with Crippen LogP contribution in [0, 0.1) is 38.0 Å². The Bertz CT molecular complexity index is 909. The Hall–Kier alpha value is -2.88. The van der Waals surface area contributed by atoms with Crippen molar-refractivity contribution in [3.8, 4) is 6.07 Å². The summed E-state index contributed by atoms with van der Waals surface area (Å²) >= 11 is 0. The van der Waals surface area contributed by atoms with Gasteiger partial charge in [-0.05, 0) is 45.7 Å². The molecule has 27 heavy (non-hydrogen) atoms. The van der Waals surface area contributed by atoms with Crippen molar-refractivity contribution in [1.82, 2.24) is 15.0 Å². The van der Waals surface area contributed by atoms with Gasteiger partial charge in [-0.3, -0.25) is 4.79 Å². The van der Waals surface area contributed by atoms with Crippen LogP contribution in [0.3, 0.4) is 0 Å². The van der Waals surface area contributed by atoms with E-state index in [9.17, 15) is 10.1 Å². The lowest BCUT2D eigenvalue weighted by atomic mass is 9.93. The van der Waals surface area contributed by atoms with Crippen molar-refractivity contribution < 1.29 is 9.32 Å². The van der Waals surface area contributed by atoms with E-state index in [0.717, 1.165) is 35.6 Å². The molecule has 0 unspecified atom stereocenters. The van der Waals surface area contributed by atoms with Crippen LogP contribution in [0.1, 0.15) is 41.1 Å². The lowest BCUT2D eigenvalue weighted by molar-refractivity contribution is -0.140. The van der Waals surface area contributed by atoms with E-state index in [2.05, 4.69) is 21.1 Å². The number of amides is 1. The van der Waals surface area contributed by atoms with Gasteiger partial charge >= 0.3 is 0 Å². The maximum absolute atomic E-state index is 13.1. The van der Waals surface area contributed by atoms with Gasteiger partial charge in [-0.2, -0.15) is 5.26 Å². The number of hydrogen-bond donors (Lipinski definition) is 0. The number of fused-ring (bicyclic) bond motifs is 4. The average Bonchev–Trinajstić information content (AvgIpc) is 2.83. The summed E-state index contributed by atoms with van der Waals surface area (Å²) in [6.45, 7) is 7.55. The zero-order chi connectivity index (χ0) is 19.1. The van der Waals surface area contributed by atoms with Crippen molar-refractivity contribution >= 4 is 11.7 Å². The molecular weight excluding hydrogens is 342 g/mol. The number of nitriles is 1. The minimum atomic E-state index is -0.0712. The smallest absolute Gasteiger partial charge is 0.228 e. The summed E-state index contributed by atoms with van der Waals surface area (Å²) in [5.74, 6) is 1.57. The fraction of sp³-hybridized carbons (Fsp3) is 0.500. The Morgan fingerprint density at radius 1 is 1.26 bits per heavy atom. The molecule has 0 aliphatic carbocycles. The second-order valence-corrected chi connectivity index (χ2v) is 7.54. The number of nitrogens with zero attached hydrogens (tertiary/aromatic N) is 5. The Morgan fingerprint density at radius 3 is 2.78 bits per heavy atom. The van der Waals surface area contributed by atoms with E-state index in [0.29, 0.717) is 31.0 Å². The monoisotopic (exact) mass is 365 g/mol. The van der Waals surface area contributed by atoms with Crippen LogP contribution in [0.4, 0.5) is 5.82 Å². The van der Waals surface area contributed by atoms with Crippen LogP contribution in [0.25, 0.3) is 0 Å². The lowest BCUT2D eigenvalue weighted by Gasteiger charge is -2.35. The third-order valence-electron chi connectivity index (χ3n) is 5.74. The summed E-state index contributed by atoms with van der Waals surface area (Å²) in [4.78, 5) is 21.8. The number of aromatic nitrogens is 2. The molecule has 7 nitrogen and oxygen atoms in total. The molecule has 0 spiro atoms. The zero-order valence-electron chi connectivity index (χ0n) is 15.9. The number of anilines is 1. The van der Waals surface area contributed by atoms with Crippen LogP contribution in [0.5, 0.6) is 0 Å². The molecule has 5 rings (SSSR count). The highest BCUT2D eigenvalue weighted by Gasteiger charge is 2.41. The van der Waals surface area contributed by atoms with Gasteiger partial charge in [0.25, 0.3) is 0 Å². The van der Waals surface area contributed by atoms with E-state index in [4.69, 9.17) is 4.52 Å². The number of pyridine rings is 1. The molecule has 0 saturated carbocycles. The quantitative estimate of drug-likeness (QED) is 0.831. The van der Waals surface area contributed by atoms with Crippen molar-refractivity contribution in [3.05, 3.63) is 40.4 Å². The van der Waals surface area contributed by atoms with Crippen molar-refractivity contribution in [2.45, 2.75) is 46.2 Å². The van der Waals surface area contributed by atoms with Gasteiger partial charge in [-0.15, -0.1) is 0 Å². The molecule has 1 amide bonds. The maximum atomic E-state index is 13.1. The van der Waals surface area contributed by atoms with E-state index < -0.39 is 0 Å². The van der Waals surface area contributed by atoms with Crippen molar-refractivity contribution in [2.24, 2.45) is 5.92 Å². The van der Waals surface area contributed by atoms with E-state index in [1.165, 1.54) is 0 Å². The third kappa shape index (κ3) is 3.05. The number of rotatable bonds is 3. The third-order valence-corrected chi connectivity index (χ3v) is 5.74. The summed E-state index contributed by atoms with van der Waals surface area (Å²) < 4.78 is 5.27. The largest absolute Gasteiger partial charge is 0.361 e. The predicted octanol–water partition coefficient (Wildman–Crippen LogP) is 2.49. The predicted molar refractivity (Wildman–Crippen MR) is 98.9 cm³/mol. The van der Waals surface area contributed by atoms with Crippen LogP contribution in [-0.2, 0) is 11.3 Å². The van der Waals surface area contributed by atoms with Crippen LogP contribution in [0.2, 0.25) is 0 Å². The molecule has 2 aromatic heterocycles. The van der Waals surface area contributed by atoms with Gasteiger partial charge in [-0.25, -0.2) is 4.98 Å². The second kappa shape index (κ2) is 6.69. The van der Waals surface area contributed by atoms with Gasteiger partial charge in [0.15, 0.2) is 0 Å². The minimum Gasteiger partial charge on any atom is -0.361 e. The summed E-state index contributed by atoms with van der Waals surface area (Å²) in [6.07, 6.45) is 1.84. The fourth-order valence-corrected chi connectivity index (χ4v) is 4.19. The molecule has 0 aromatic carbocycles. The van der Waals surface area contributed by atoms with E-state index in [-0.39, 0.29) is 17.9 Å². The highest BCUT2D eigenvalue weighted by Crippen LogP contribution is 2.33. The van der Waals surface area contributed by atoms with Gasteiger partial charge in [0.2, 0.25) is 5.91 Å². The van der Waals surface area contributed by atoms with Crippen LogP contribution in [-0.4, -0.2) is 40.1 Å². The summed E-state index contributed by atoms with van der Waals surface area (Å²) in [5, 5.41) is 13.5. The van der Waals surface area contributed by atoms with Gasteiger partial charge in [0.1, 0.15) is 17.6 Å². The first-order chi connectivity index (χ1) is 13.0. The van der Waals surface area contributed by atoms with Gasteiger partial charge in [-0.1, -0.05) is 5.16 Å². The Labute approximate surface area is 158 Å². The number of carbonyl (C=O) groups excluding carboxylic acids is 1. The Kier molecular flexibility index (Phi) is 4.34. The van der Waals surface area contributed by atoms with Crippen molar-refractivity contribution in [2.75, 3.05) is 18.0 Å². The van der Waals surface area contributed by atoms with E-state index in [1.54, 1.807) is 0 Å². The molecule has 0 radical (unpaired) electrons. The van der Waals surface area contributed by atoms with E-state index >= 15 is 0 Å². The average molecular weight is 365 g/mol. The summed E-state index contributed by atoms with van der Waals surface area (Å²) in [7, 11) is 0. The van der Waals surface area contributed by atoms with Crippen LogP contribution in [0.15, 0.2) is 16.7 Å². The minimum absolute atomic E-state index is 0.0712. The van der Waals surface area contributed by atoms with Gasteiger partial charge in [0.05, 0.1) is 23.7 Å². The SMILES string of the molecule is Cc1ccc(C#N)c(N2C[C@H]3CC[C@@H](C2)N(Cc2c(C)noc2C)C3=O)n1. The Balaban J connectivity index is 1.65. The zero-order valence-corrected chi connectivity index (χ0v) is 15.9. The first-order valence-corrected chi connectivity index (χ1v) is 9.33. The van der Waals surface area contributed by atoms with Gasteiger partial charge < -0.3 is 14.3 Å². The molecule has 3 fully saturated rings. The molecular formula is C20H23N5O2. The van der Waals surface area contributed by atoms with Crippen LogP contribution < -0.4 is 4.90 Å². The first kappa shape index (κ1) is 17.5. The fourth-order valence-electron chi connectivity index (χ4n) is 4.19. The molecule has 7 heteroatoms. The highest BCUT2D eigenvalue weighted by molar-refractivity contribution is 5.81. The second-order valence-electron chi connectivity index (χ2n) is 7.54. The number of piperidine rings is 1. The normalized spacial score (nSPS) is 22.1. The number of aryl methyl sites for hydroxylation is 3. The Morgan fingerprint density at radius 2 is 2.07 bits per heavy atom. The molecule has 3 aliphatic rings. The molecule has 5 heterocycles. The molecule has 2 bridgehead atoms. The van der Waals surface area contributed by atoms with Gasteiger partial charge in [0, 0.05) is 30.4 Å². The lowest BCUT2D eigenvalue weighted by Crippen LogP contribution is -2.47. The topological polar surface area (TPSA) is 86.3 Å².